The van der Waals surface area contributed by atoms with Crippen LogP contribution < -0.4 is 0 Å². The van der Waals surface area contributed by atoms with Gasteiger partial charge < -0.3 is 14.7 Å². The highest BCUT2D eigenvalue weighted by Crippen LogP contribution is 2.40. The number of rotatable bonds is 5. The molecular weight excluding hydrogens is 331 g/mol. The first-order valence-corrected chi connectivity index (χ1v) is 7.96. The fourth-order valence-corrected chi connectivity index (χ4v) is 3.34. The minimum absolute atomic E-state index is 0.0349. The van der Waals surface area contributed by atoms with Crippen LogP contribution in [0.5, 0.6) is 0 Å². The first-order valence-electron chi connectivity index (χ1n) is 7.59. The van der Waals surface area contributed by atoms with Gasteiger partial charge in [0.05, 0.1) is 11.6 Å². The number of hydrogen-bond donors (Lipinski definition) is 1. The smallest absolute Gasteiger partial charge is 0.383 e. The molecule has 1 aliphatic rings. The highest BCUT2D eigenvalue weighted by atomic mass is 35.5. The van der Waals surface area contributed by atoms with Gasteiger partial charge in [-0.1, -0.05) is 29.8 Å². The molecule has 130 valence electrons. The van der Waals surface area contributed by atoms with Gasteiger partial charge in [-0.2, -0.15) is 13.2 Å². The lowest BCUT2D eigenvalue weighted by Crippen LogP contribution is -2.35. The van der Waals surface area contributed by atoms with Gasteiger partial charge >= 0.3 is 6.18 Å². The van der Waals surface area contributed by atoms with Gasteiger partial charge in [-0.15, -0.1) is 0 Å². The highest BCUT2D eigenvalue weighted by molar-refractivity contribution is 6.32. The number of nitrogens with zero attached hydrogens (tertiary/aromatic N) is 1. The molecule has 0 aliphatic carbocycles. The number of piperidine rings is 1. The average Bonchev–Trinajstić information content (AvgIpc) is 2.52. The number of methoxy groups -OCH3 is 1. The number of aliphatic hydroxyl groups is 1. The Bertz CT molecular complexity index is 517. The number of benzene rings is 1. The van der Waals surface area contributed by atoms with E-state index in [1.54, 1.807) is 13.2 Å². The Hall–Kier alpha value is -0.820. The van der Waals surface area contributed by atoms with E-state index in [0.29, 0.717) is 12.2 Å². The lowest BCUT2D eigenvalue weighted by molar-refractivity contribution is -0.206. The molecule has 3 nitrogen and oxygen atoms in total. The first kappa shape index (κ1) is 18.5. The Balaban J connectivity index is 2.10. The lowest BCUT2D eigenvalue weighted by Gasteiger charge is -2.32. The zero-order valence-electron chi connectivity index (χ0n) is 12.9. The molecule has 1 saturated heterocycles. The summed E-state index contributed by atoms with van der Waals surface area (Å²) in [5, 5.41) is 9.50. The molecular formula is C16H21ClF3NO2. The number of hydrogen-bond acceptors (Lipinski definition) is 3. The maximum Gasteiger partial charge on any atom is 0.418 e. The predicted molar refractivity (Wildman–Crippen MR) is 82.8 cm³/mol. The van der Waals surface area contributed by atoms with Crippen LogP contribution in [0, 0.1) is 0 Å². The van der Waals surface area contributed by atoms with Gasteiger partial charge in [0.25, 0.3) is 0 Å². The molecule has 0 amide bonds. The van der Waals surface area contributed by atoms with Gasteiger partial charge in [0.15, 0.2) is 6.10 Å². The molecule has 23 heavy (non-hydrogen) atoms. The number of likely N-dealkylation sites (tertiary alicyclic amines) is 1. The third-order valence-electron chi connectivity index (χ3n) is 4.30. The molecule has 1 aromatic carbocycles. The normalized spacial score (nSPS) is 19.0. The molecule has 1 aliphatic heterocycles. The molecule has 1 unspecified atom stereocenters. The SMILES string of the molecule is COCCN1CCC(c2cccc(C(O)C(F)(F)F)c2Cl)CC1. The van der Waals surface area contributed by atoms with Gasteiger partial charge in [-0.25, -0.2) is 0 Å². The van der Waals surface area contributed by atoms with E-state index >= 15 is 0 Å². The monoisotopic (exact) mass is 351 g/mol. The topological polar surface area (TPSA) is 32.7 Å². The minimum atomic E-state index is -4.72. The van der Waals surface area contributed by atoms with Crippen LogP contribution in [0.1, 0.15) is 36.0 Å². The third kappa shape index (κ3) is 4.59. The fourth-order valence-electron chi connectivity index (χ4n) is 2.96. The van der Waals surface area contributed by atoms with E-state index in [4.69, 9.17) is 16.3 Å². The molecule has 0 spiro atoms. The lowest BCUT2D eigenvalue weighted by atomic mass is 9.88. The number of ether oxygens (including phenoxy) is 1. The van der Waals surface area contributed by atoms with Crippen molar-refractivity contribution in [1.29, 1.82) is 0 Å². The molecule has 0 saturated carbocycles. The van der Waals surface area contributed by atoms with Crippen molar-refractivity contribution in [1.82, 2.24) is 4.90 Å². The van der Waals surface area contributed by atoms with Crippen LogP contribution in [0.4, 0.5) is 13.2 Å². The van der Waals surface area contributed by atoms with E-state index in [1.807, 2.05) is 0 Å². The van der Waals surface area contributed by atoms with Gasteiger partial charge in [-0.3, -0.25) is 0 Å². The molecule has 1 fully saturated rings. The van der Waals surface area contributed by atoms with Crippen LogP contribution in [-0.2, 0) is 4.74 Å². The second kappa shape index (κ2) is 7.83. The molecule has 2 rings (SSSR count). The van der Waals surface area contributed by atoms with Gasteiger partial charge in [0, 0.05) is 19.2 Å². The van der Waals surface area contributed by atoms with Crippen LogP contribution in [0.2, 0.25) is 5.02 Å². The minimum Gasteiger partial charge on any atom is -0.383 e. The average molecular weight is 352 g/mol. The standard InChI is InChI=1S/C16H21ClF3NO2/c1-23-10-9-21-7-5-11(6-8-21)12-3-2-4-13(14(12)17)15(22)16(18,19)20/h2-4,11,15,22H,5-10H2,1H3. The van der Waals surface area contributed by atoms with Crippen LogP contribution >= 0.6 is 11.6 Å². The van der Waals surface area contributed by atoms with Crippen LogP contribution in [0.25, 0.3) is 0 Å². The van der Waals surface area contributed by atoms with E-state index in [9.17, 15) is 18.3 Å². The van der Waals surface area contributed by atoms with Gasteiger partial charge in [0.2, 0.25) is 0 Å². The van der Waals surface area contributed by atoms with E-state index < -0.39 is 12.3 Å². The quantitative estimate of drug-likeness (QED) is 0.876. The molecule has 0 radical (unpaired) electrons. The van der Waals surface area contributed by atoms with Crippen LogP contribution in [0.15, 0.2) is 18.2 Å². The maximum atomic E-state index is 12.7. The van der Waals surface area contributed by atoms with Crippen molar-refractivity contribution in [2.45, 2.75) is 31.0 Å². The van der Waals surface area contributed by atoms with Gasteiger partial charge in [0.1, 0.15) is 0 Å². The summed E-state index contributed by atoms with van der Waals surface area (Å²) in [4.78, 5) is 2.27. The van der Waals surface area contributed by atoms with Crippen LogP contribution in [0.3, 0.4) is 0 Å². The Kier molecular flexibility index (Phi) is 6.31. The molecule has 0 bridgehead atoms. The van der Waals surface area contributed by atoms with Gasteiger partial charge in [-0.05, 0) is 37.4 Å². The molecule has 1 N–H and O–H groups in total. The summed E-state index contributed by atoms with van der Waals surface area (Å²) in [5.74, 6) is 0.113. The maximum absolute atomic E-state index is 12.7. The van der Waals surface area contributed by atoms with E-state index in [-0.39, 0.29) is 16.5 Å². The van der Waals surface area contributed by atoms with E-state index in [2.05, 4.69) is 4.90 Å². The number of halogens is 4. The fraction of sp³-hybridized carbons (Fsp3) is 0.625. The Labute approximate surface area is 139 Å². The van der Waals surface area contributed by atoms with E-state index in [0.717, 1.165) is 32.5 Å². The van der Waals surface area contributed by atoms with Crippen LogP contribution in [-0.4, -0.2) is 49.5 Å². The van der Waals surface area contributed by atoms with Crippen molar-refractivity contribution >= 4 is 11.6 Å². The summed E-state index contributed by atoms with van der Waals surface area (Å²) < 4.78 is 43.2. The van der Waals surface area contributed by atoms with Crippen molar-refractivity contribution in [2.24, 2.45) is 0 Å². The summed E-state index contributed by atoms with van der Waals surface area (Å²) in [6, 6.07) is 4.52. The molecule has 7 heteroatoms. The third-order valence-corrected chi connectivity index (χ3v) is 4.74. The van der Waals surface area contributed by atoms with Crippen molar-refractivity contribution in [3.63, 3.8) is 0 Å². The molecule has 1 atom stereocenters. The summed E-state index contributed by atoms with van der Waals surface area (Å²) in [7, 11) is 1.66. The van der Waals surface area contributed by atoms with Crippen molar-refractivity contribution < 1.29 is 23.0 Å². The zero-order valence-corrected chi connectivity index (χ0v) is 13.7. The number of alkyl halides is 3. The Morgan fingerprint density at radius 2 is 2.00 bits per heavy atom. The van der Waals surface area contributed by atoms with Crippen molar-refractivity contribution in [2.75, 3.05) is 33.4 Å². The Morgan fingerprint density at radius 3 is 2.57 bits per heavy atom. The molecule has 1 aromatic rings. The summed E-state index contributed by atoms with van der Waals surface area (Å²) >= 11 is 6.17. The first-order chi connectivity index (χ1) is 10.8. The zero-order chi connectivity index (χ0) is 17.0. The van der Waals surface area contributed by atoms with Crippen molar-refractivity contribution in [3.8, 4) is 0 Å². The Morgan fingerprint density at radius 1 is 1.35 bits per heavy atom. The van der Waals surface area contributed by atoms with E-state index in [1.165, 1.54) is 12.1 Å². The molecule has 0 aromatic heterocycles. The van der Waals surface area contributed by atoms with Crippen molar-refractivity contribution in [3.05, 3.63) is 34.3 Å². The highest BCUT2D eigenvalue weighted by Gasteiger charge is 2.41. The second-order valence-corrected chi connectivity index (χ2v) is 6.18. The molecule has 1 heterocycles. The summed E-state index contributed by atoms with van der Waals surface area (Å²) in [6.07, 6.45) is -5.60. The number of aliphatic hydroxyl groups excluding tert-OH is 1. The summed E-state index contributed by atoms with van der Waals surface area (Å²) in [5.41, 5.74) is 0.428. The second-order valence-electron chi connectivity index (χ2n) is 5.80. The largest absolute Gasteiger partial charge is 0.418 e. The summed E-state index contributed by atoms with van der Waals surface area (Å²) in [6.45, 7) is 3.23. The predicted octanol–water partition coefficient (Wildman–Crippen LogP) is 3.76.